The summed E-state index contributed by atoms with van der Waals surface area (Å²) in [4.78, 5) is 13.9. The minimum Gasteiger partial charge on any atom is -0.338 e. The van der Waals surface area contributed by atoms with Crippen LogP contribution in [0.15, 0.2) is 18.2 Å². The van der Waals surface area contributed by atoms with E-state index in [1.54, 1.807) is 4.90 Å². The average molecular weight is 269 g/mol. The number of hydrogen-bond acceptors (Lipinski definition) is 1. The van der Waals surface area contributed by atoms with Gasteiger partial charge in [-0.05, 0) is 24.0 Å². The van der Waals surface area contributed by atoms with Crippen LogP contribution in [0.25, 0.3) is 0 Å². The Hall–Kier alpha value is -1.45. The predicted molar refractivity (Wildman–Crippen MR) is 71.9 cm³/mol. The normalized spacial score (nSPS) is 11.2. The largest absolute Gasteiger partial charge is 0.338 e. The molecule has 0 aliphatic rings. The first-order valence-electron chi connectivity index (χ1n) is 6.55. The molecule has 0 radical (unpaired) electrons. The lowest BCUT2D eigenvalue weighted by atomic mass is 10.1. The van der Waals surface area contributed by atoms with Crippen molar-refractivity contribution in [3.8, 4) is 0 Å². The third-order valence-electron chi connectivity index (χ3n) is 2.62. The monoisotopic (exact) mass is 269 g/mol. The maximum absolute atomic E-state index is 13.6. The zero-order valence-electron chi connectivity index (χ0n) is 11.9. The number of benzene rings is 1. The van der Waals surface area contributed by atoms with Gasteiger partial charge in [-0.25, -0.2) is 8.78 Å². The molecule has 106 valence electrons. The molecule has 0 atom stereocenters. The summed E-state index contributed by atoms with van der Waals surface area (Å²) in [7, 11) is 0. The summed E-state index contributed by atoms with van der Waals surface area (Å²) >= 11 is 0. The smallest absolute Gasteiger partial charge is 0.256 e. The summed E-state index contributed by atoms with van der Waals surface area (Å²) in [5.74, 6) is -1.26. The van der Waals surface area contributed by atoms with Crippen molar-refractivity contribution in [3.05, 3.63) is 35.4 Å². The molecular weight excluding hydrogens is 248 g/mol. The molecule has 1 amide bonds. The molecule has 0 unspecified atom stereocenters. The van der Waals surface area contributed by atoms with Gasteiger partial charge in [-0.15, -0.1) is 0 Å². The average Bonchev–Trinajstić information content (AvgIpc) is 2.26. The molecule has 1 rings (SSSR count). The van der Waals surface area contributed by atoms with Crippen molar-refractivity contribution in [3.63, 3.8) is 0 Å². The van der Waals surface area contributed by atoms with E-state index >= 15 is 0 Å². The van der Waals surface area contributed by atoms with E-state index in [0.29, 0.717) is 24.9 Å². The number of rotatable bonds is 5. The van der Waals surface area contributed by atoms with Crippen molar-refractivity contribution in [2.24, 2.45) is 11.8 Å². The lowest BCUT2D eigenvalue weighted by Crippen LogP contribution is -2.37. The van der Waals surface area contributed by atoms with Crippen LogP contribution in [0.1, 0.15) is 38.1 Å². The molecule has 0 bridgehead atoms. The molecule has 0 saturated heterocycles. The number of hydrogen-bond donors (Lipinski definition) is 0. The van der Waals surface area contributed by atoms with Crippen molar-refractivity contribution in [1.82, 2.24) is 4.90 Å². The van der Waals surface area contributed by atoms with Crippen LogP contribution in [0.5, 0.6) is 0 Å². The van der Waals surface area contributed by atoms with Gasteiger partial charge in [0.25, 0.3) is 5.91 Å². The van der Waals surface area contributed by atoms with E-state index in [2.05, 4.69) is 0 Å². The highest BCUT2D eigenvalue weighted by Gasteiger charge is 2.21. The van der Waals surface area contributed by atoms with Crippen molar-refractivity contribution in [1.29, 1.82) is 0 Å². The molecule has 0 fully saturated rings. The van der Waals surface area contributed by atoms with Crippen LogP contribution in [-0.2, 0) is 0 Å². The van der Waals surface area contributed by atoms with Crippen molar-refractivity contribution < 1.29 is 13.6 Å². The minimum absolute atomic E-state index is 0.0669. The molecule has 19 heavy (non-hydrogen) atoms. The third-order valence-corrected chi connectivity index (χ3v) is 2.62. The van der Waals surface area contributed by atoms with E-state index in [-0.39, 0.29) is 11.5 Å². The second kappa shape index (κ2) is 6.64. The maximum atomic E-state index is 13.6. The number of amides is 1. The van der Waals surface area contributed by atoms with Gasteiger partial charge in [0.05, 0.1) is 5.56 Å². The highest BCUT2D eigenvalue weighted by molar-refractivity contribution is 5.94. The van der Waals surface area contributed by atoms with Crippen LogP contribution >= 0.6 is 0 Å². The molecule has 0 heterocycles. The van der Waals surface area contributed by atoms with Gasteiger partial charge in [0.1, 0.15) is 11.6 Å². The first kappa shape index (κ1) is 15.6. The van der Waals surface area contributed by atoms with Crippen LogP contribution in [0.3, 0.4) is 0 Å². The Kier molecular flexibility index (Phi) is 5.45. The number of carbonyl (C=O) groups is 1. The summed E-state index contributed by atoms with van der Waals surface area (Å²) in [6.07, 6.45) is 0. The van der Waals surface area contributed by atoms with E-state index < -0.39 is 11.6 Å². The predicted octanol–water partition coefficient (Wildman–Crippen LogP) is 3.72. The van der Waals surface area contributed by atoms with Crippen LogP contribution in [0.4, 0.5) is 8.78 Å². The minimum atomic E-state index is -0.803. The van der Waals surface area contributed by atoms with Gasteiger partial charge in [-0.2, -0.15) is 0 Å². The molecule has 1 aromatic rings. The quantitative estimate of drug-likeness (QED) is 0.797. The van der Waals surface area contributed by atoms with E-state index in [9.17, 15) is 13.6 Å². The Morgan fingerprint density at radius 3 is 2.05 bits per heavy atom. The third kappa shape index (κ3) is 4.62. The van der Waals surface area contributed by atoms with Crippen molar-refractivity contribution in [2.45, 2.75) is 27.7 Å². The van der Waals surface area contributed by atoms with E-state index in [4.69, 9.17) is 0 Å². The molecule has 4 heteroatoms. The second-order valence-corrected chi connectivity index (χ2v) is 5.62. The Balaban J connectivity index is 2.97. The molecule has 0 aliphatic heterocycles. The molecule has 0 aromatic heterocycles. The van der Waals surface area contributed by atoms with Crippen LogP contribution in [0.2, 0.25) is 0 Å². The van der Waals surface area contributed by atoms with Gasteiger partial charge in [0, 0.05) is 19.2 Å². The molecule has 0 N–H and O–H groups in total. The molecule has 0 saturated carbocycles. The fraction of sp³-hybridized carbons (Fsp3) is 0.533. The number of carbonyl (C=O) groups excluding carboxylic acids is 1. The Labute approximate surface area is 113 Å². The SMILES string of the molecule is CC(C)CN(CC(C)C)C(=O)c1ccc(F)cc1F. The summed E-state index contributed by atoms with van der Waals surface area (Å²) in [5, 5.41) is 0. The highest BCUT2D eigenvalue weighted by Crippen LogP contribution is 2.14. The summed E-state index contributed by atoms with van der Waals surface area (Å²) in [5.41, 5.74) is -0.0669. The van der Waals surface area contributed by atoms with Gasteiger partial charge < -0.3 is 4.90 Å². The van der Waals surface area contributed by atoms with E-state index in [0.717, 1.165) is 12.1 Å². The first-order valence-corrected chi connectivity index (χ1v) is 6.55. The molecule has 1 aromatic carbocycles. The Morgan fingerprint density at radius 1 is 1.11 bits per heavy atom. The van der Waals surface area contributed by atoms with Gasteiger partial charge in [-0.3, -0.25) is 4.79 Å². The summed E-state index contributed by atoms with van der Waals surface area (Å²) in [6, 6.07) is 3.07. The zero-order chi connectivity index (χ0) is 14.6. The van der Waals surface area contributed by atoms with Crippen LogP contribution < -0.4 is 0 Å². The second-order valence-electron chi connectivity index (χ2n) is 5.62. The molecule has 0 aliphatic carbocycles. The molecule has 2 nitrogen and oxygen atoms in total. The Bertz CT molecular complexity index is 434. The molecule has 0 spiro atoms. The zero-order valence-corrected chi connectivity index (χ0v) is 11.9. The highest BCUT2D eigenvalue weighted by atomic mass is 19.1. The topological polar surface area (TPSA) is 20.3 Å². The lowest BCUT2D eigenvalue weighted by Gasteiger charge is -2.26. The number of nitrogens with zero attached hydrogens (tertiary/aromatic N) is 1. The van der Waals surface area contributed by atoms with Gasteiger partial charge in [-0.1, -0.05) is 27.7 Å². The molecular formula is C15H21F2NO. The first-order chi connectivity index (χ1) is 8.81. The van der Waals surface area contributed by atoms with E-state index in [1.807, 2.05) is 27.7 Å². The fourth-order valence-corrected chi connectivity index (χ4v) is 1.96. The summed E-state index contributed by atoms with van der Waals surface area (Å²) < 4.78 is 26.5. The van der Waals surface area contributed by atoms with Crippen molar-refractivity contribution >= 4 is 5.91 Å². The van der Waals surface area contributed by atoms with Gasteiger partial charge >= 0.3 is 0 Å². The van der Waals surface area contributed by atoms with Crippen LogP contribution in [-0.4, -0.2) is 23.9 Å². The standard InChI is InChI=1S/C15H21F2NO/c1-10(2)8-18(9-11(3)4)15(19)13-6-5-12(16)7-14(13)17/h5-7,10-11H,8-9H2,1-4H3. The Morgan fingerprint density at radius 2 is 1.63 bits per heavy atom. The van der Waals surface area contributed by atoms with Gasteiger partial charge in [0.15, 0.2) is 0 Å². The maximum Gasteiger partial charge on any atom is 0.256 e. The lowest BCUT2D eigenvalue weighted by molar-refractivity contribution is 0.0710. The summed E-state index contributed by atoms with van der Waals surface area (Å²) in [6.45, 7) is 9.13. The number of halogens is 2. The van der Waals surface area contributed by atoms with E-state index in [1.165, 1.54) is 6.07 Å². The van der Waals surface area contributed by atoms with Gasteiger partial charge in [0.2, 0.25) is 0 Å². The fourth-order valence-electron chi connectivity index (χ4n) is 1.96. The van der Waals surface area contributed by atoms with Crippen LogP contribution in [0, 0.1) is 23.5 Å². The van der Waals surface area contributed by atoms with Crippen molar-refractivity contribution in [2.75, 3.05) is 13.1 Å².